The lowest BCUT2D eigenvalue weighted by atomic mass is 10.1. The van der Waals surface area contributed by atoms with Gasteiger partial charge in [0.2, 0.25) is 0 Å². The summed E-state index contributed by atoms with van der Waals surface area (Å²) in [5.41, 5.74) is 1.16. The van der Waals surface area contributed by atoms with Crippen molar-refractivity contribution < 1.29 is 9.84 Å². The minimum Gasteiger partial charge on any atom is -0.394 e. The van der Waals surface area contributed by atoms with Crippen molar-refractivity contribution in [3.63, 3.8) is 0 Å². The van der Waals surface area contributed by atoms with Crippen molar-refractivity contribution in [1.82, 2.24) is 9.88 Å². The van der Waals surface area contributed by atoms with Gasteiger partial charge in [-0.1, -0.05) is 0 Å². The van der Waals surface area contributed by atoms with Crippen LogP contribution in [0.5, 0.6) is 0 Å². The van der Waals surface area contributed by atoms with Crippen LogP contribution in [0.15, 0.2) is 0 Å². The Morgan fingerprint density at radius 3 is 2.67 bits per heavy atom. The lowest BCUT2D eigenvalue weighted by Crippen LogP contribution is -2.36. The van der Waals surface area contributed by atoms with Crippen LogP contribution in [0.25, 0.3) is 0 Å². The van der Waals surface area contributed by atoms with E-state index in [9.17, 15) is 0 Å². The van der Waals surface area contributed by atoms with Crippen molar-refractivity contribution >= 4 is 11.3 Å². The first-order valence-corrected chi connectivity index (χ1v) is 7.38. The highest BCUT2D eigenvalue weighted by molar-refractivity contribution is 7.11. The van der Waals surface area contributed by atoms with Gasteiger partial charge in [0.1, 0.15) is 5.01 Å². The molecule has 0 aromatic carbocycles. The van der Waals surface area contributed by atoms with E-state index in [4.69, 9.17) is 9.84 Å². The van der Waals surface area contributed by atoms with Crippen LogP contribution in [0, 0.1) is 13.8 Å². The van der Waals surface area contributed by atoms with E-state index in [0.717, 1.165) is 38.2 Å². The summed E-state index contributed by atoms with van der Waals surface area (Å²) in [7, 11) is 0. The monoisotopic (exact) mass is 270 g/mol. The summed E-state index contributed by atoms with van der Waals surface area (Å²) in [4.78, 5) is 8.35. The first-order chi connectivity index (χ1) is 8.69. The molecule has 0 atom stereocenters. The highest BCUT2D eigenvalue weighted by atomic mass is 32.1. The molecule has 1 aromatic rings. The van der Waals surface area contributed by atoms with Crippen LogP contribution >= 0.6 is 11.3 Å². The van der Waals surface area contributed by atoms with Gasteiger partial charge in [0.15, 0.2) is 0 Å². The van der Waals surface area contributed by atoms with Crippen LogP contribution in [0.2, 0.25) is 0 Å². The second kappa shape index (κ2) is 6.61. The zero-order valence-electron chi connectivity index (χ0n) is 11.2. The Labute approximate surface area is 113 Å². The fraction of sp³-hybridized carbons (Fsp3) is 0.769. The van der Waals surface area contributed by atoms with Gasteiger partial charge in [0.05, 0.1) is 31.6 Å². The fourth-order valence-electron chi connectivity index (χ4n) is 2.25. The average molecular weight is 270 g/mol. The summed E-state index contributed by atoms with van der Waals surface area (Å²) in [6, 6.07) is 0. The maximum atomic E-state index is 8.73. The molecule has 0 spiro atoms. The Hall–Kier alpha value is -0.490. The molecule has 0 aliphatic carbocycles. The Morgan fingerprint density at radius 2 is 2.11 bits per heavy atom. The first-order valence-electron chi connectivity index (χ1n) is 6.56. The third-order valence-corrected chi connectivity index (χ3v) is 4.47. The number of hydrogen-bond donors (Lipinski definition) is 1. The molecule has 2 heterocycles. The number of likely N-dealkylation sites (tertiary alicyclic amines) is 1. The maximum Gasteiger partial charge on any atom is 0.107 e. The Kier molecular flexibility index (Phi) is 5.12. The van der Waals surface area contributed by atoms with Gasteiger partial charge in [-0.15, -0.1) is 11.3 Å². The number of thiazole rings is 1. The topological polar surface area (TPSA) is 45.6 Å². The third kappa shape index (κ3) is 3.75. The Bertz CT molecular complexity index is 354. The minimum atomic E-state index is 0.123. The van der Waals surface area contributed by atoms with Gasteiger partial charge in [-0.05, 0) is 26.7 Å². The summed E-state index contributed by atoms with van der Waals surface area (Å²) in [5, 5.41) is 9.95. The molecule has 0 radical (unpaired) electrons. The number of aliphatic hydroxyl groups is 1. The smallest absolute Gasteiger partial charge is 0.107 e. The number of rotatable bonds is 5. The molecule has 1 saturated heterocycles. The largest absolute Gasteiger partial charge is 0.394 e. The van der Waals surface area contributed by atoms with Gasteiger partial charge in [-0.3, -0.25) is 4.90 Å². The molecule has 0 bridgehead atoms. The SMILES string of the molecule is Cc1nc(CN2CCC(OCCO)CC2)sc1C. The minimum absolute atomic E-state index is 0.123. The third-order valence-electron chi connectivity index (χ3n) is 3.41. The maximum absolute atomic E-state index is 8.73. The van der Waals surface area contributed by atoms with Gasteiger partial charge >= 0.3 is 0 Å². The summed E-state index contributed by atoms with van der Waals surface area (Å²) >= 11 is 1.81. The number of aliphatic hydroxyl groups excluding tert-OH is 1. The molecule has 1 aliphatic heterocycles. The standard InChI is InChI=1S/C13H22N2O2S/c1-10-11(2)18-13(14-10)9-15-5-3-12(4-6-15)17-8-7-16/h12,16H,3-9H2,1-2H3. The second-order valence-electron chi connectivity index (χ2n) is 4.82. The average Bonchev–Trinajstić information content (AvgIpc) is 2.67. The lowest BCUT2D eigenvalue weighted by Gasteiger charge is -2.31. The summed E-state index contributed by atoms with van der Waals surface area (Å²) in [6.07, 6.45) is 2.44. The van der Waals surface area contributed by atoms with E-state index < -0.39 is 0 Å². The molecule has 0 unspecified atom stereocenters. The predicted molar refractivity (Wildman–Crippen MR) is 72.9 cm³/mol. The molecule has 1 fully saturated rings. The van der Waals surface area contributed by atoms with Gasteiger partial charge in [-0.2, -0.15) is 0 Å². The van der Waals surface area contributed by atoms with E-state index in [1.54, 1.807) is 11.3 Å². The van der Waals surface area contributed by atoms with Crippen molar-refractivity contribution in [2.75, 3.05) is 26.3 Å². The number of nitrogens with zero attached hydrogens (tertiary/aromatic N) is 2. The second-order valence-corrected chi connectivity index (χ2v) is 6.11. The van der Waals surface area contributed by atoms with E-state index in [1.165, 1.54) is 9.88 Å². The molecule has 18 heavy (non-hydrogen) atoms. The zero-order chi connectivity index (χ0) is 13.0. The Balaban J connectivity index is 1.76. The van der Waals surface area contributed by atoms with Crippen molar-refractivity contribution in [2.45, 2.75) is 39.3 Å². The molecule has 0 amide bonds. The van der Waals surface area contributed by atoms with E-state index in [0.29, 0.717) is 12.7 Å². The van der Waals surface area contributed by atoms with Crippen LogP contribution < -0.4 is 0 Å². The van der Waals surface area contributed by atoms with Crippen molar-refractivity contribution in [1.29, 1.82) is 0 Å². The fourth-order valence-corrected chi connectivity index (χ4v) is 3.23. The van der Waals surface area contributed by atoms with E-state index in [-0.39, 0.29) is 6.61 Å². The summed E-state index contributed by atoms with van der Waals surface area (Å²) in [6.45, 7) is 7.89. The van der Waals surface area contributed by atoms with Crippen LogP contribution in [0.3, 0.4) is 0 Å². The van der Waals surface area contributed by atoms with E-state index in [2.05, 4.69) is 23.7 Å². The van der Waals surface area contributed by atoms with Gasteiger partial charge in [0.25, 0.3) is 0 Å². The van der Waals surface area contributed by atoms with E-state index in [1.807, 2.05) is 0 Å². The molecule has 4 nitrogen and oxygen atoms in total. The molecule has 2 rings (SSSR count). The van der Waals surface area contributed by atoms with Crippen LogP contribution in [-0.2, 0) is 11.3 Å². The Morgan fingerprint density at radius 1 is 1.39 bits per heavy atom. The quantitative estimate of drug-likeness (QED) is 0.885. The molecule has 5 heteroatoms. The number of aryl methyl sites for hydroxylation is 2. The predicted octanol–water partition coefficient (Wildman–Crippen LogP) is 1.73. The van der Waals surface area contributed by atoms with Crippen LogP contribution in [0.4, 0.5) is 0 Å². The summed E-state index contributed by atoms with van der Waals surface area (Å²) < 4.78 is 5.56. The first kappa shape index (κ1) is 13.9. The number of hydrogen-bond acceptors (Lipinski definition) is 5. The number of aromatic nitrogens is 1. The summed E-state index contributed by atoms with van der Waals surface area (Å²) in [5.74, 6) is 0. The zero-order valence-corrected chi connectivity index (χ0v) is 12.0. The van der Waals surface area contributed by atoms with Crippen molar-refractivity contribution in [3.05, 3.63) is 15.6 Å². The highest BCUT2D eigenvalue weighted by Gasteiger charge is 2.20. The number of ether oxygens (including phenoxy) is 1. The van der Waals surface area contributed by atoms with Gasteiger partial charge in [0, 0.05) is 18.0 Å². The number of piperidine rings is 1. The van der Waals surface area contributed by atoms with Gasteiger partial charge in [-0.25, -0.2) is 4.98 Å². The molecular formula is C13H22N2O2S. The lowest BCUT2D eigenvalue weighted by molar-refractivity contribution is -0.00902. The molecule has 102 valence electrons. The molecule has 1 aliphatic rings. The molecular weight excluding hydrogens is 248 g/mol. The van der Waals surface area contributed by atoms with Crippen LogP contribution in [0.1, 0.15) is 28.4 Å². The van der Waals surface area contributed by atoms with Crippen LogP contribution in [-0.4, -0.2) is 47.4 Å². The van der Waals surface area contributed by atoms with E-state index >= 15 is 0 Å². The van der Waals surface area contributed by atoms with Gasteiger partial charge < -0.3 is 9.84 Å². The normalized spacial score (nSPS) is 18.4. The molecule has 1 N–H and O–H groups in total. The van der Waals surface area contributed by atoms with Crippen molar-refractivity contribution in [3.8, 4) is 0 Å². The molecule has 1 aromatic heterocycles. The molecule has 0 saturated carbocycles. The van der Waals surface area contributed by atoms with Crippen molar-refractivity contribution in [2.24, 2.45) is 0 Å². The highest BCUT2D eigenvalue weighted by Crippen LogP contribution is 2.21.